The van der Waals surface area contributed by atoms with Crippen LogP contribution in [0.5, 0.6) is 0 Å². The van der Waals surface area contributed by atoms with E-state index in [1.165, 1.54) is 12.1 Å². The molecule has 102 valence electrons. The molecule has 0 aliphatic heterocycles. The zero-order chi connectivity index (χ0) is 13.7. The number of ether oxygens (including phenoxy) is 1. The largest absolute Gasteiger partial charge is 0.464 e. The minimum Gasteiger partial charge on any atom is -0.464 e. The Bertz CT molecular complexity index is 471. The number of benzene rings is 1. The normalized spacial score (nSPS) is 14.1. The first-order chi connectivity index (χ1) is 9.16. The number of non-ortho nitro benzene ring substituents is 1. The molecule has 2 rings (SSSR count). The van der Waals surface area contributed by atoms with E-state index in [-0.39, 0.29) is 17.6 Å². The molecule has 6 nitrogen and oxygen atoms in total. The Balaban J connectivity index is 1.66. The first-order valence-corrected chi connectivity index (χ1v) is 6.27. The fraction of sp³-hybridized carbons (Fsp3) is 0.462. The van der Waals surface area contributed by atoms with Crippen molar-refractivity contribution in [2.45, 2.75) is 19.4 Å². The molecule has 1 aliphatic rings. The average Bonchev–Trinajstić information content (AvgIpc) is 3.22. The molecule has 0 spiro atoms. The third-order valence-electron chi connectivity index (χ3n) is 2.88. The fourth-order valence-corrected chi connectivity index (χ4v) is 1.67. The minimum atomic E-state index is -0.416. The van der Waals surface area contributed by atoms with E-state index < -0.39 is 4.92 Å². The van der Waals surface area contributed by atoms with Gasteiger partial charge in [-0.25, -0.2) is 0 Å². The van der Waals surface area contributed by atoms with Gasteiger partial charge in [0.25, 0.3) is 5.69 Å². The van der Waals surface area contributed by atoms with Gasteiger partial charge >= 0.3 is 5.97 Å². The smallest absolute Gasteiger partial charge is 0.308 e. The number of nitro groups is 1. The molecule has 6 heteroatoms. The molecule has 1 aromatic carbocycles. The summed E-state index contributed by atoms with van der Waals surface area (Å²) in [6.45, 7) is 1.40. The molecule has 19 heavy (non-hydrogen) atoms. The second-order valence-corrected chi connectivity index (χ2v) is 4.55. The SMILES string of the molecule is O=C(OCCNCc1cccc([N+](=O)[O-])c1)C1CC1. The molecule has 0 radical (unpaired) electrons. The summed E-state index contributed by atoms with van der Waals surface area (Å²) >= 11 is 0. The Hall–Kier alpha value is -1.95. The Labute approximate surface area is 110 Å². The van der Waals surface area contributed by atoms with Crippen LogP contribution >= 0.6 is 0 Å². The molecule has 0 bridgehead atoms. The van der Waals surface area contributed by atoms with Crippen LogP contribution in [0.1, 0.15) is 18.4 Å². The molecule has 1 aromatic rings. The highest BCUT2D eigenvalue weighted by molar-refractivity contribution is 5.74. The van der Waals surface area contributed by atoms with E-state index in [0.29, 0.717) is 19.7 Å². The van der Waals surface area contributed by atoms with Crippen LogP contribution in [0, 0.1) is 16.0 Å². The van der Waals surface area contributed by atoms with Crippen molar-refractivity contribution in [2.24, 2.45) is 5.92 Å². The van der Waals surface area contributed by atoms with Crippen molar-refractivity contribution in [1.29, 1.82) is 0 Å². The summed E-state index contributed by atoms with van der Waals surface area (Å²) in [7, 11) is 0. The number of rotatable bonds is 7. The number of hydrogen-bond donors (Lipinski definition) is 1. The van der Waals surface area contributed by atoms with Gasteiger partial charge in [-0.3, -0.25) is 14.9 Å². The van der Waals surface area contributed by atoms with Crippen molar-refractivity contribution < 1.29 is 14.5 Å². The first-order valence-electron chi connectivity index (χ1n) is 6.27. The molecule has 0 saturated heterocycles. The lowest BCUT2D eigenvalue weighted by Gasteiger charge is -2.06. The van der Waals surface area contributed by atoms with Crippen LogP contribution < -0.4 is 5.32 Å². The van der Waals surface area contributed by atoms with Crippen molar-refractivity contribution in [3.05, 3.63) is 39.9 Å². The van der Waals surface area contributed by atoms with Gasteiger partial charge in [-0.05, 0) is 18.4 Å². The summed E-state index contributed by atoms with van der Waals surface area (Å²) in [5, 5.41) is 13.7. The zero-order valence-corrected chi connectivity index (χ0v) is 10.5. The lowest BCUT2D eigenvalue weighted by molar-refractivity contribution is -0.384. The van der Waals surface area contributed by atoms with Crippen molar-refractivity contribution in [3.63, 3.8) is 0 Å². The van der Waals surface area contributed by atoms with Gasteiger partial charge < -0.3 is 10.1 Å². The van der Waals surface area contributed by atoms with Crippen molar-refractivity contribution in [3.8, 4) is 0 Å². The third-order valence-corrected chi connectivity index (χ3v) is 2.88. The van der Waals surface area contributed by atoms with E-state index in [0.717, 1.165) is 18.4 Å². The van der Waals surface area contributed by atoms with Crippen LogP contribution in [0.3, 0.4) is 0 Å². The highest BCUT2D eigenvalue weighted by atomic mass is 16.6. The molecule has 1 fully saturated rings. The topological polar surface area (TPSA) is 81.5 Å². The Kier molecular flexibility index (Phi) is 4.46. The number of hydrogen-bond acceptors (Lipinski definition) is 5. The van der Waals surface area contributed by atoms with Crippen LogP contribution in [0.15, 0.2) is 24.3 Å². The number of nitro benzene ring substituents is 1. The molecule has 0 atom stereocenters. The van der Waals surface area contributed by atoms with Crippen molar-refractivity contribution in [1.82, 2.24) is 5.32 Å². The van der Waals surface area contributed by atoms with Gasteiger partial charge in [0.1, 0.15) is 6.61 Å². The summed E-state index contributed by atoms with van der Waals surface area (Å²) in [5.74, 6) is 0.00826. The Morgan fingerprint density at radius 1 is 1.47 bits per heavy atom. The summed E-state index contributed by atoms with van der Waals surface area (Å²) in [6, 6.07) is 6.46. The molecule has 0 unspecified atom stereocenters. The fourth-order valence-electron chi connectivity index (χ4n) is 1.67. The molecular weight excluding hydrogens is 248 g/mol. The maximum absolute atomic E-state index is 11.2. The van der Waals surface area contributed by atoms with E-state index in [4.69, 9.17) is 4.74 Å². The number of carbonyl (C=O) groups is 1. The van der Waals surface area contributed by atoms with Gasteiger partial charge in [0.15, 0.2) is 0 Å². The van der Waals surface area contributed by atoms with Crippen LogP contribution in [0.2, 0.25) is 0 Å². The highest BCUT2D eigenvalue weighted by Gasteiger charge is 2.30. The maximum atomic E-state index is 11.2. The van der Waals surface area contributed by atoms with Crippen LogP contribution in [-0.2, 0) is 16.1 Å². The van der Waals surface area contributed by atoms with E-state index in [1.54, 1.807) is 6.07 Å². The van der Waals surface area contributed by atoms with Crippen molar-refractivity contribution in [2.75, 3.05) is 13.2 Å². The molecular formula is C13H16N2O4. The number of nitrogens with one attached hydrogen (secondary N) is 1. The lowest BCUT2D eigenvalue weighted by Crippen LogP contribution is -2.21. The summed E-state index contributed by atoms with van der Waals surface area (Å²) in [6.07, 6.45) is 1.89. The molecule has 1 aliphatic carbocycles. The number of esters is 1. The second kappa shape index (κ2) is 6.29. The van der Waals surface area contributed by atoms with E-state index in [1.807, 2.05) is 6.07 Å². The van der Waals surface area contributed by atoms with Gasteiger partial charge in [-0.1, -0.05) is 12.1 Å². The predicted molar refractivity (Wildman–Crippen MR) is 68.5 cm³/mol. The van der Waals surface area contributed by atoms with Gasteiger partial charge in [0.05, 0.1) is 10.8 Å². The van der Waals surface area contributed by atoms with Gasteiger partial charge in [0.2, 0.25) is 0 Å². The molecule has 0 heterocycles. The minimum absolute atomic E-state index is 0.0828. The van der Waals surface area contributed by atoms with E-state index >= 15 is 0 Å². The van der Waals surface area contributed by atoms with E-state index in [2.05, 4.69) is 5.32 Å². The van der Waals surface area contributed by atoms with Gasteiger partial charge in [-0.15, -0.1) is 0 Å². The Morgan fingerprint density at radius 3 is 2.95 bits per heavy atom. The molecule has 1 saturated carbocycles. The summed E-state index contributed by atoms with van der Waals surface area (Å²) in [4.78, 5) is 21.4. The summed E-state index contributed by atoms with van der Waals surface area (Å²) < 4.78 is 5.06. The standard InChI is InChI=1S/C13H16N2O4/c16-13(11-4-5-11)19-7-6-14-9-10-2-1-3-12(8-10)15(17)18/h1-3,8,11,14H,4-7,9H2. The third kappa shape index (κ3) is 4.33. The van der Waals surface area contributed by atoms with Gasteiger partial charge in [-0.2, -0.15) is 0 Å². The average molecular weight is 264 g/mol. The number of carbonyl (C=O) groups excluding carboxylic acids is 1. The number of nitrogens with zero attached hydrogens (tertiary/aromatic N) is 1. The Morgan fingerprint density at radius 2 is 2.26 bits per heavy atom. The van der Waals surface area contributed by atoms with Crippen LogP contribution in [-0.4, -0.2) is 24.0 Å². The quantitative estimate of drug-likeness (QED) is 0.350. The van der Waals surface area contributed by atoms with Crippen LogP contribution in [0.4, 0.5) is 5.69 Å². The molecule has 0 aromatic heterocycles. The molecule has 1 N–H and O–H groups in total. The lowest BCUT2D eigenvalue weighted by atomic mass is 10.2. The monoisotopic (exact) mass is 264 g/mol. The predicted octanol–water partition coefficient (Wildman–Crippen LogP) is 1.64. The zero-order valence-electron chi connectivity index (χ0n) is 10.5. The maximum Gasteiger partial charge on any atom is 0.308 e. The highest BCUT2D eigenvalue weighted by Crippen LogP contribution is 2.29. The van der Waals surface area contributed by atoms with E-state index in [9.17, 15) is 14.9 Å². The summed E-state index contributed by atoms with van der Waals surface area (Å²) in [5.41, 5.74) is 0.919. The van der Waals surface area contributed by atoms with Crippen LogP contribution in [0.25, 0.3) is 0 Å². The second-order valence-electron chi connectivity index (χ2n) is 4.55. The van der Waals surface area contributed by atoms with Crippen molar-refractivity contribution >= 4 is 11.7 Å². The molecule has 0 amide bonds. The van der Waals surface area contributed by atoms with Gasteiger partial charge in [0, 0.05) is 25.2 Å². The first kappa shape index (κ1) is 13.5.